The Kier molecular flexibility index (Phi) is 8.98. The highest BCUT2D eigenvalue weighted by molar-refractivity contribution is 5.79. The molecule has 1 amide bonds. The van der Waals surface area contributed by atoms with Gasteiger partial charge in [-0.15, -0.1) is 0 Å². The minimum absolute atomic E-state index is 0.182. The molecule has 1 aliphatic rings. The molecule has 130 valence electrons. The van der Waals surface area contributed by atoms with Crippen LogP contribution in [0.15, 0.2) is 0 Å². The number of nitrogens with zero attached hydrogens (tertiary/aromatic N) is 1. The van der Waals surface area contributed by atoms with Crippen LogP contribution in [0.5, 0.6) is 0 Å². The van der Waals surface area contributed by atoms with E-state index >= 15 is 0 Å². The number of rotatable bonds is 9. The van der Waals surface area contributed by atoms with Gasteiger partial charge in [-0.1, -0.05) is 27.2 Å². The molecule has 0 radical (unpaired) electrons. The molecule has 5 N–H and O–H groups in total. The predicted molar refractivity (Wildman–Crippen MR) is 92.4 cm³/mol. The van der Waals surface area contributed by atoms with Crippen LogP contribution >= 0.6 is 0 Å². The van der Waals surface area contributed by atoms with E-state index in [1.54, 1.807) is 0 Å². The van der Waals surface area contributed by atoms with E-state index in [-0.39, 0.29) is 11.8 Å². The number of carbonyl (C=O) groups is 1. The molecule has 0 spiro atoms. The highest BCUT2D eigenvalue weighted by Crippen LogP contribution is 2.37. The zero-order valence-corrected chi connectivity index (χ0v) is 14.7. The standard InChI is InChI=1S/C17H36N4O/c1-13(2)15-5-4-14(3)12-16(15)17(22)20-8-11-21(9-6-18)10-7-19/h13-16H,4-12,18-19H2,1-3H3,(H,20,22)/t14-,15+,16-/m1/s1. The van der Waals surface area contributed by atoms with Crippen LogP contribution in [0.4, 0.5) is 0 Å². The summed E-state index contributed by atoms with van der Waals surface area (Å²) in [5.41, 5.74) is 11.2. The normalized spacial score (nSPS) is 25.7. The molecule has 0 saturated heterocycles. The summed E-state index contributed by atoms with van der Waals surface area (Å²) in [4.78, 5) is 14.8. The highest BCUT2D eigenvalue weighted by atomic mass is 16.1. The van der Waals surface area contributed by atoms with Crippen molar-refractivity contribution in [1.82, 2.24) is 10.2 Å². The van der Waals surface area contributed by atoms with Crippen LogP contribution in [0.2, 0.25) is 0 Å². The average Bonchev–Trinajstić information content (AvgIpc) is 2.47. The van der Waals surface area contributed by atoms with Crippen molar-refractivity contribution in [3.05, 3.63) is 0 Å². The van der Waals surface area contributed by atoms with Crippen LogP contribution < -0.4 is 16.8 Å². The van der Waals surface area contributed by atoms with Crippen molar-refractivity contribution in [2.24, 2.45) is 35.1 Å². The molecule has 0 aromatic carbocycles. The fourth-order valence-corrected chi connectivity index (χ4v) is 3.67. The lowest BCUT2D eigenvalue weighted by atomic mass is 9.70. The van der Waals surface area contributed by atoms with E-state index in [1.807, 2.05) is 0 Å². The second-order valence-corrected chi connectivity index (χ2v) is 7.14. The van der Waals surface area contributed by atoms with Gasteiger partial charge in [0.25, 0.3) is 0 Å². The molecule has 1 rings (SSSR count). The molecule has 5 nitrogen and oxygen atoms in total. The topological polar surface area (TPSA) is 84.4 Å². The van der Waals surface area contributed by atoms with Crippen molar-refractivity contribution >= 4 is 5.91 Å². The first-order chi connectivity index (χ1) is 10.5. The van der Waals surface area contributed by atoms with Gasteiger partial charge >= 0.3 is 0 Å². The van der Waals surface area contributed by atoms with Crippen LogP contribution in [0.3, 0.4) is 0 Å². The third-order valence-corrected chi connectivity index (χ3v) is 4.98. The zero-order valence-electron chi connectivity index (χ0n) is 14.7. The minimum Gasteiger partial charge on any atom is -0.355 e. The fraction of sp³-hybridized carbons (Fsp3) is 0.941. The van der Waals surface area contributed by atoms with Crippen LogP contribution in [0.1, 0.15) is 40.0 Å². The largest absolute Gasteiger partial charge is 0.355 e. The number of hydrogen-bond acceptors (Lipinski definition) is 4. The first kappa shape index (κ1) is 19.4. The zero-order chi connectivity index (χ0) is 16.5. The van der Waals surface area contributed by atoms with Gasteiger partial charge in [0.05, 0.1) is 0 Å². The summed E-state index contributed by atoms with van der Waals surface area (Å²) in [5, 5.41) is 3.14. The molecule has 0 heterocycles. The van der Waals surface area contributed by atoms with E-state index in [0.29, 0.717) is 37.4 Å². The van der Waals surface area contributed by atoms with Gasteiger partial charge in [0.15, 0.2) is 0 Å². The molecule has 0 aromatic heterocycles. The maximum Gasteiger partial charge on any atom is 0.223 e. The quantitative estimate of drug-likeness (QED) is 0.594. The van der Waals surface area contributed by atoms with Gasteiger partial charge in [-0.25, -0.2) is 0 Å². The lowest BCUT2D eigenvalue weighted by Crippen LogP contribution is -2.44. The van der Waals surface area contributed by atoms with Crippen molar-refractivity contribution in [3.8, 4) is 0 Å². The Morgan fingerprint density at radius 2 is 1.82 bits per heavy atom. The van der Waals surface area contributed by atoms with Gasteiger partial charge in [0, 0.05) is 45.2 Å². The molecule has 1 saturated carbocycles. The van der Waals surface area contributed by atoms with Gasteiger partial charge in [0.1, 0.15) is 0 Å². The molecular weight excluding hydrogens is 276 g/mol. The van der Waals surface area contributed by atoms with Crippen LogP contribution in [-0.4, -0.2) is 50.1 Å². The van der Waals surface area contributed by atoms with E-state index in [0.717, 1.165) is 26.1 Å². The number of carbonyl (C=O) groups excluding carboxylic acids is 1. The molecule has 0 aromatic rings. The third-order valence-electron chi connectivity index (χ3n) is 4.98. The molecular formula is C17H36N4O. The van der Waals surface area contributed by atoms with Crippen molar-refractivity contribution in [2.45, 2.75) is 40.0 Å². The maximum atomic E-state index is 12.6. The van der Waals surface area contributed by atoms with Crippen LogP contribution in [0, 0.1) is 23.7 Å². The monoisotopic (exact) mass is 312 g/mol. The van der Waals surface area contributed by atoms with E-state index < -0.39 is 0 Å². The maximum absolute atomic E-state index is 12.6. The number of amides is 1. The third kappa shape index (κ3) is 6.23. The summed E-state index contributed by atoms with van der Waals surface area (Å²) in [6.07, 6.45) is 3.47. The summed E-state index contributed by atoms with van der Waals surface area (Å²) in [7, 11) is 0. The Labute approximate surface area is 136 Å². The first-order valence-corrected chi connectivity index (χ1v) is 8.89. The number of nitrogens with one attached hydrogen (secondary N) is 1. The minimum atomic E-state index is 0.182. The summed E-state index contributed by atoms with van der Waals surface area (Å²) < 4.78 is 0. The van der Waals surface area contributed by atoms with Gasteiger partial charge in [-0.2, -0.15) is 0 Å². The molecule has 0 unspecified atom stereocenters. The lowest BCUT2D eigenvalue weighted by molar-refractivity contribution is -0.129. The van der Waals surface area contributed by atoms with E-state index in [2.05, 4.69) is 31.0 Å². The first-order valence-electron chi connectivity index (χ1n) is 8.89. The Bertz CT molecular complexity index is 316. The van der Waals surface area contributed by atoms with Crippen molar-refractivity contribution in [1.29, 1.82) is 0 Å². The smallest absolute Gasteiger partial charge is 0.223 e. The molecule has 5 heteroatoms. The Morgan fingerprint density at radius 1 is 1.18 bits per heavy atom. The van der Waals surface area contributed by atoms with Crippen LogP contribution in [0.25, 0.3) is 0 Å². The van der Waals surface area contributed by atoms with Gasteiger partial charge in [-0.3, -0.25) is 9.69 Å². The van der Waals surface area contributed by atoms with E-state index in [1.165, 1.54) is 12.8 Å². The van der Waals surface area contributed by atoms with Crippen molar-refractivity contribution in [3.63, 3.8) is 0 Å². The summed E-state index contributed by atoms with van der Waals surface area (Å²) in [5.74, 6) is 2.19. The fourth-order valence-electron chi connectivity index (χ4n) is 3.67. The predicted octanol–water partition coefficient (Wildman–Crippen LogP) is 1.03. The lowest BCUT2D eigenvalue weighted by Gasteiger charge is -2.36. The summed E-state index contributed by atoms with van der Waals surface area (Å²) in [6, 6.07) is 0. The Morgan fingerprint density at radius 3 is 2.36 bits per heavy atom. The molecule has 3 atom stereocenters. The Balaban J connectivity index is 2.44. The summed E-state index contributed by atoms with van der Waals surface area (Å²) in [6.45, 7) is 11.2. The molecule has 1 fully saturated rings. The molecule has 0 bridgehead atoms. The van der Waals surface area contributed by atoms with Gasteiger partial charge in [-0.05, 0) is 30.6 Å². The second kappa shape index (κ2) is 10.2. The van der Waals surface area contributed by atoms with Gasteiger partial charge in [0.2, 0.25) is 5.91 Å². The number of nitrogens with two attached hydrogens (primary N) is 2. The van der Waals surface area contributed by atoms with Crippen LogP contribution in [-0.2, 0) is 4.79 Å². The van der Waals surface area contributed by atoms with E-state index in [4.69, 9.17) is 11.5 Å². The van der Waals surface area contributed by atoms with E-state index in [9.17, 15) is 4.79 Å². The highest BCUT2D eigenvalue weighted by Gasteiger charge is 2.35. The average molecular weight is 313 g/mol. The summed E-state index contributed by atoms with van der Waals surface area (Å²) >= 11 is 0. The molecule has 22 heavy (non-hydrogen) atoms. The van der Waals surface area contributed by atoms with Gasteiger partial charge < -0.3 is 16.8 Å². The molecule has 1 aliphatic carbocycles. The second-order valence-electron chi connectivity index (χ2n) is 7.14. The van der Waals surface area contributed by atoms with Crippen molar-refractivity contribution < 1.29 is 4.79 Å². The molecule has 0 aliphatic heterocycles. The number of hydrogen-bond donors (Lipinski definition) is 3. The SMILES string of the molecule is CC(C)[C@@H]1CC[C@@H](C)C[C@H]1C(=O)NCCN(CCN)CCN. The Hall–Kier alpha value is -0.650. The van der Waals surface area contributed by atoms with Crippen molar-refractivity contribution in [2.75, 3.05) is 39.3 Å².